The second-order valence-electron chi connectivity index (χ2n) is 6.40. The highest BCUT2D eigenvalue weighted by molar-refractivity contribution is 8.00. The number of hydrogen-bond acceptors (Lipinski definition) is 6. The minimum atomic E-state index is -3.85. The van der Waals surface area contributed by atoms with E-state index in [4.69, 9.17) is 4.52 Å². The van der Waals surface area contributed by atoms with Crippen LogP contribution >= 0.6 is 11.8 Å². The van der Waals surface area contributed by atoms with Gasteiger partial charge >= 0.3 is 0 Å². The Morgan fingerprint density at radius 2 is 1.86 bits per heavy atom. The first-order valence-corrected chi connectivity index (χ1v) is 11.1. The molecule has 1 aliphatic heterocycles. The number of anilines is 2. The Morgan fingerprint density at radius 3 is 2.48 bits per heavy atom. The molecule has 0 saturated carbocycles. The Labute approximate surface area is 170 Å². The molecule has 2 aromatic carbocycles. The van der Waals surface area contributed by atoms with Crippen molar-refractivity contribution in [3.63, 3.8) is 0 Å². The van der Waals surface area contributed by atoms with Gasteiger partial charge in [0.05, 0.1) is 10.6 Å². The fraction of sp³-hybridized carbons (Fsp3) is 0.158. The van der Waals surface area contributed by atoms with Gasteiger partial charge in [-0.15, -0.1) is 11.8 Å². The molecule has 29 heavy (non-hydrogen) atoms. The van der Waals surface area contributed by atoms with Crippen LogP contribution in [0.3, 0.4) is 0 Å². The van der Waals surface area contributed by atoms with Crippen LogP contribution in [-0.4, -0.2) is 25.2 Å². The number of thioether (sulfide) groups is 1. The second kappa shape index (κ2) is 7.53. The van der Waals surface area contributed by atoms with Crippen LogP contribution in [0.15, 0.2) is 64.0 Å². The van der Waals surface area contributed by atoms with Crippen molar-refractivity contribution in [2.24, 2.45) is 0 Å². The van der Waals surface area contributed by atoms with Gasteiger partial charge < -0.3 is 4.52 Å². The van der Waals surface area contributed by atoms with Crippen molar-refractivity contribution in [3.8, 4) is 0 Å². The van der Waals surface area contributed by atoms with Crippen molar-refractivity contribution in [2.45, 2.75) is 17.2 Å². The molecule has 2 heterocycles. The van der Waals surface area contributed by atoms with Gasteiger partial charge in [0.25, 0.3) is 10.0 Å². The van der Waals surface area contributed by atoms with Crippen molar-refractivity contribution in [3.05, 3.63) is 71.7 Å². The summed E-state index contributed by atoms with van der Waals surface area (Å²) in [4.78, 5) is 14.0. The molecule has 10 heteroatoms. The highest BCUT2D eigenvalue weighted by Crippen LogP contribution is 2.41. The molecule has 7 nitrogen and oxygen atoms in total. The Kier molecular flexibility index (Phi) is 5.05. The average Bonchev–Trinajstić information content (AvgIpc) is 3.27. The molecular weight excluding hydrogens is 417 g/mol. The molecule has 4 rings (SSSR count). The molecule has 1 aliphatic rings. The summed E-state index contributed by atoms with van der Waals surface area (Å²) in [6.45, 7) is 1.65. The van der Waals surface area contributed by atoms with Gasteiger partial charge in [-0.25, -0.2) is 12.8 Å². The number of rotatable bonds is 5. The Balaban J connectivity index is 1.59. The average molecular weight is 433 g/mol. The minimum Gasteiger partial charge on any atom is -0.360 e. The Bertz CT molecular complexity index is 1140. The third-order valence-electron chi connectivity index (χ3n) is 4.32. The number of carbonyl (C=O) groups excluding carboxylic acids is 1. The van der Waals surface area contributed by atoms with Gasteiger partial charge in [-0.05, 0) is 48.9 Å². The highest BCUT2D eigenvalue weighted by atomic mass is 32.2. The number of amides is 1. The van der Waals surface area contributed by atoms with Gasteiger partial charge in [-0.1, -0.05) is 17.3 Å². The molecule has 150 valence electrons. The first-order valence-electron chi connectivity index (χ1n) is 8.59. The Hall–Kier alpha value is -2.85. The molecular formula is C19H16FN3O4S2. The lowest BCUT2D eigenvalue weighted by atomic mass is 10.2. The summed E-state index contributed by atoms with van der Waals surface area (Å²) in [5.74, 6) is 0.411. The predicted octanol–water partition coefficient (Wildman–Crippen LogP) is 3.70. The zero-order valence-corrected chi connectivity index (χ0v) is 16.8. The van der Waals surface area contributed by atoms with Gasteiger partial charge in [0.2, 0.25) is 5.91 Å². The van der Waals surface area contributed by atoms with Crippen molar-refractivity contribution >= 4 is 39.2 Å². The summed E-state index contributed by atoms with van der Waals surface area (Å²) in [5.41, 5.74) is 1.35. The van der Waals surface area contributed by atoms with Crippen molar-refractivity contribution in [1.29, 1.82) is 0 Å². The van der Waals surface area contributed by atoms with Crippen LogP contribution in [0.2, 0.25) is 0 Å². The lowest BCUT2D eigenvalue weighted by Gasteiger charge is -2.24. The predicted molar refractivity (Wildman–Crippen MR) is 108 cm³/mol. The maximum Gasteiger partial charge on any atom is 0.263 e. The number of halogens is 1. The van der Waals surface area contributed by atoms with E-state index in [1.165, 1.54) is 42.1 Å². The maximum atomic E-state index is 13.2. The zero-order valence-electron chi connectivity index (χ0n) is 15.2. The number of sulfonamides is 1. The van der Waals surface area contributed by atoms with Crippen LogP contribution in [-0.2, 0) is 14.8 Å². The molecule has 1 atom stereocenters. The van der Waals surface area contributed by atoms with Crippen molar-refractivity contribution in [1.82, 2.24) is 5.16 Å². The molecule has 0 spiro atoms. The summed E-state index contributed by atoms with van der Waals surface area (Å²) in [6.07, 6.45) is 0. The summed E-state index contributed by atoms with van der Waals surface area (Å²) >= 11 is 1.43. The first-order chi connectivity index (χ1) is 13.8. The molecule has 1 unspecified atom stereocenters. The number of carbonyl (C=O) groups is 1. The minimum absolute atomic E-state index is 0.0273. The summed E-state index contributed by atoms with van der Waals surface area (Å²) in [5, 5.41) is 3.32. The van der Waals surface area contributed by atoms with Crippen LogP contribution in [0, 0.1) is 12.7 Å². The summed E-state index contributed by atoms with van der Waals surface area (Å²) < 4.78 is 45.4. The lowest BCUT2D eigenvalue weighted by Crippen LogP contribution is -2.27. The number of hydrogen-bond donors (Lipinski definition) is 1. The summed E-state index contributed by atoms with van der Waals surface area (Å²) in [7, 11) is -3.85. The van der Waals surface area contributed by atoms with Crippen molar-refractivity contribution in [2.75, 3.05) is 15.4 Å². The largest absolute Gasteiger partial charge is 0.360 e. The smallest absolute Gasteiger partial charge is 0.263 e. The highest BCUT2D eigenvalue weighted by Gasteiger charge is 2.34. The summed E-state index contributed by atoms with van der Waals surface area (Å²) in [6, 6.07) is 13.4. The van der Waals surface area contributed by atoms with Gasteiger partial charge in [0, 0.05) is 11.8 Å². The molecule has 1 amide bonds. The van der Waals surface area contributed by atoms with Crippen LogP contribution in [0.4, 0.5) is 15.9 Å². The number of nitrogens with one attached hydrogen (secondary N) is 1. The third kappa shape index (κ3) is 3.99. The van der Waals surface area contributed by atoms with Gasteiger partial charge in [-0.3, -0.25) is 14.4 Å². The molecule has 0 radical (unpaired) electrons. The molecule has 0 bridgehead atoms. The van der Waals surface area contributed by atoms with Gasteiger partial charge in [-0.2, -0.15) is 0 Å². The molecule has 3 aromatic rings. The van der Waals surface area contributed by atoms with Crippen LogP contribution in [0.25, 0.3) is 0 Å². The van der Waals surface area contributed by atoms with E-state index < -0.39 is 10.0 Å². The van der Waals surface area contributed by atoms with E-state index in [-0.39, 0.29) is 33.6 Å². The maximum absolute atomic E-state index is 13.2. The van der Waals surface area contributed by atoms with E-state index in [1.807, 2.05) is 0 Å². The van der Waals surface area contributed by atoms with E-state index in [1.54, 1.807) is 36.1 Å². The number of nitrogens with zero attached hydrogens (tertiary/aromatic N) is 2. The fourth-order valence-corrected chi connectivity index (χ4v) is 5.14. The van der Waals surface area contributed by atoms with Gasteiger partial charge in [0.15, 0.2) is 5.82 Å². The van der Waals surface area contributed by atoms with Crippen LogP contribution in [0.5, 0.6) is 0 Å². The third-order valence-corrected chi connectivity index (χ3v) is 6.90. The molecule has 1 aromatic heterocycles. The molecule has 1 saturated heterocycles. The quantitative estimate of drug-likeness (QED) is 0.660. The topological polar surface area (TPSA) is 92.5 Å². The lowest BCUT2D eigenvalue weighted by molar-refractivity contribution is -0.115. The van der Waals surface area contributed by atoms with Crippen LogP contribution in [0.1, 0.15) is 16.7 Å². The molecule has 1 N–H and O–H groups in total. The Morgan fingerprint density at radius 1 is 1.17 bits per heavy atom. The molecule has 0 aliphatic carbocycles. The number of aryl methyl sites for hydroxylation is 1. The fourth-order valence-electron chi connectivity index (χ4n) is 2.97. The normalized spacial score (nSPS) is 17.0. The van der Waals surface area contributed by atoms with E-state index in [9.17, 15) is 17.6 Å². The van der Waals surface area contributed by atoms with Crippen LogP contribution < -0.4 is 9.62 Å². The SMILES string of the molecule is Cc1cc(NS(=O)(=O)c2ccc(N3C(=O)CSC3c3ccc(F)cc3)cc2)no1. The van der Waals surface area contributed by atoms with E-state index in [2.05, 4.69) is 9.88 Å². The first kappa shape index (κ1) is 19.5. The van der Waals surface area contributed by atoms with E-state index in [0.717, 1.165) is 5.56 Å². The van der Waals surface area contributed by atoms with Crippen molar-refractivity contribution < 1.29 is 22.1 Å². The molecule has 1 fully saturated rings. The van der Waals surface area contributed by atoms with E-state index in [0.29, 0.717) is 11.4 Å². The number of aromatic nitrogens is 1. The number of benzene rings is 2. The zero-order chi connectivity index (χ0) is 20.6. The monoisotopic (exact) mass is 433 g/mol. The van der Waals surface area contributed by atoms with Gasteiger partial charge in [0.1, 0.15) is 17.0 Å². The van der Waals surface area contributed by atoms with E-state index >= 15 is 0 Å². The standard InChI is InChI=1S/C19H16FN3O4S2/c1-12-10-17(21-27-12)22-29(25,26)16-8-6-15(7-9-16)23-18(24)11-28-19(23)13-2-4-14(20)5-3-13/h2-10,19H,11H2,1H3,(H,21,22). The second-order valence-corrected chi connectivity index (χ2v) is 9.15.